The number of hydrogen-bond acceptors (Lipinski definition) is 5. The fraction of sp³-hybridized carbons (Fsp3) is 0.200. The number of primary amides is 1. The molecule has 3 N–H and O–H groups in total. The molecule has 0 heterocycles. The van der Waals surface area contributed by atoms with Crippen molar-refractivity contribution in [3.05, 3.63) is 33.9 Å². The zero-order valence-electron chi connectivity index (χ0n) is 9.32. The fourth-order valence-corrected chi connectivity index (χ4v) is 1.23. The number of carbonyl (C=O) groups excluding carboxylic acids is 1. The van der Waals surface area contributed by atoms with Crippen LogP contribution in [-0.4, -0.2) is 28.0 Å². The monoisotopic (exact) mass is 254 g/mol. The van der Waals surface area contributed by atoms with E-state index in [1.807, 2.05) is 0 Å². The van der Waals surface area contributed by atoms with Crippen molar-refractivity contribution in [2.24, 2.45) is 5.73 Å². The van der Waals surface area contributed by atoms with Gasteiger partial charge in [0.2, 0.25) is 0 Å². The summed E-state index contributed by atoms with van der Waals surface area (Å²) in [4.78, 5) is 31.7. The summed E-state index contributed by atoms with van der Waals surface area (Å²) >= 11 is 0. The van der Waals surface area contributed by atoms with Crippen LogP contribution < -0.4 is 10.5 Å². The number of carbonyl (C=O) groups is 2. The molecule has 0 aliphatic heterocycles. The Morgan fingerprint density at radius 1 is 1.50 bits per heavy atom. The molecule has 8 nitrogen and oxygen atoms in total. The van der Waals surface area contributed by atoms with Crippen LogP contribution in [-0.2, 0) is 4.79 Å². The summed E-state index contributed by atoms with van der Waals surface area (Å²) in [7, 11) is 0. The second kappa shape index (κ2) is 5.13. The molecule has 1 amide bonds. The van der Waals surface area contributed by atoms with Gasteiger partial charge in [0.25, 0.3) is 11.6 Å². The average molecular weight is 254 g/mol. The van der Waals surface area contributed by atoms with Crippen molar-refractivity contribution in [3.8, 4) is 5.75 Å². The molecule has 1 atom stereocenters. The third-order valence-corrected chi connectivity index (χ3v) is 2.12. The van der Waals surface area contributed by atoms with Crippen LogP contribution in [0.25, 0.3) is 0 Å². The lowest BCUT2D eigenvalue weighted by molar-refractivity contribution is -0.385. The van der Waals surface area contributed by atoms with Crippen molar-refractivity contribution in [1.29, 1.82) is 0 Å². The van der Waals surface area contributed by atoms with Gasteiger partial charge in [-0.2, -0.15) is 0 Å². The second-order valence-electron chi connectivity index (χ2n) is 3.37. The first-order chi connectivity index (χ1) is 8.34. The highest BCUT2D eigenvalue weighted by atomic mass is 16.6. The van der Waals surface area contributed by atoms with Gasteiger partial charge in [-0.15, -0.1) is 0 Å². The van der Waals surface area contributed by atoms with Crippen molar-refractivity contribution in [2.75, 3.05) is 0 Å². The predicted molar refractivity (Wildman–Crippen MR) is 59.3 cm³/mol. The normalized spacial score (nSPS) is 11.6. The Kier molecular flexibility index (Phi) is 3.82. The minimum Gasteiger partial charge on any atom is -0.480 e. The van der Waals surface area contributed by atoms with Gasteiger partial charge in [-0.1, -0.05) is 6.07 Å². The maximum Gasteiger partial charge on any atom is 0.346 e. The number of amides is 1. The summed E-state index contributed by atoms with van der Waals surface area (Å²) in [5.41, 5.74) is 3.73. The first-order valence-corrected chi connectivity index (χ1v) is 4.81. The third kappa shape index (κ3) is 2.73. The van der Waals surface area contributed by atoms with Crippen molar-refractivity contribution >= 4 is 17.6 Å². The smallest absolute Gasteiger partial charge is 0.346 e. The lowest BCUT2D eigenvalue weighted by atomic mass is 10.1. The van der Waals surface area contributed by atoms with E-state index in [9.17, 15) is 19.7 Å². The summed E-state index contributed by atoms with van der Waals surface area (Å²) < 4.78 is 5.00. The van der Waals surface area contributed by atoms with E-state index in [1.165, 1.54) is 19.1 Å². The molecule has 1 aromatic rings. The van der Waals surface area contributed by atoms with Crippen LogP contribution >= 0.6 is 0 Å². The molecule has 18 heavy (non-hydrogen) atoms. The lowest BCUT2D eigenvalue weighted by Crippen LogP contribution is -2.31. The van der Waals surface area contributed by atoms with E-state index in [2.05, 4.69) is 0 Å². The Balaban J connectivity index is 3.27. The van der Waals surface area contributed by atoms with E-state index in [1.54, 1.807) is 0 Å². The molecule has 0 saturated heterocycles. The van der Waals surface area contributed by atoms with Crippen LogP contribution in [0.4, 0.5) is 5.69 Å². The second-order valence-corrected chi connectivity index (χ2v) is 3.37. The molecule has 0 bridgehead atoms. The van der Waals surface area contributed by atoms with Crippen molar-refractivity contribution < 1.29 is 24.4 Å². The Labute approximate surface area is 101 Å². The Morgan fingerprint density at radius 2 is 2.11 bits per heavy atom. The molecule has 0 spiro atoms. The number of benzene rings is 1. The van der Waals surface area contributed by atoms with Gasteiger partial charge in [-0.25, -0.2) is 4.79 Å². The number of hydrogen-bond donors (Lipinski definition) is 2. The molecular formula is C10H10N2O6. The molecule has 0 fully saturated rings. The number of nitro benzene ring substituents is 1. The highest BCUT2D eigenvalue weighted by Crippen LogP contribution is 2.28. The first-order valence-electron chi connectivity index (χ1n) is 4.81. The average Bonchev–Trinajstić information content (AvgIpc) is 2.27. The molecule has 0 aliphatic carbocycles. The van der Waals surface area contributed by atoms with Crippen molar-refractivity contribution in [1.82, 2.24) is 0 Å². The highest BCUT2D eigenvalue weighted by molar-refractivity contribution is 5.95. The number of nitrogens with zero attached hydrogens (tertiary/aromatic N) is 1. The summed E-state index contributed by atoms with van der Waals surface area (Å²) in [6, 6.07) is 3.51. The summed E-state index contributed by atoms with van der Waals surface area (Å²) in [6.07, 6.45) is -1.09. The molecule has 0 aliphatic rings. The summed E-state index contributed by atoms with van der Waals surface area (Å²) in [6.45, 7) is 1.31. The molecule has 1 unspecified atom stereocenters. The van der Waals surface area contributed by atoms with Gasteiger partial charge in [0.15, 0.2) is 11.7 Å². The fourth-order valence-electron chi connectivity index (χ4n) is 1.23. The number of carboxylic acid groups (broad SMARTS) is 1. The van der Waals surface area contributed by atoms with Crippen LogP contribution in [0, 0.1) is 10.1 Å². The van der Waals surface area contributed by atoms with Gasteiger partial charge in [-0.05, 0) is 13.0 Å². The van der Waals surface area contributed by atoms with E-state index in [4.69, 9.17) is 15.6 Å². The van der Waals surface area contributed by atoms with Gasteiger partial charge in [-0.3, -0.25) is 14.9 Å². The van der Waals surface area contributed by atoms with Gasteiger partial charge < -0.3 is 15.6 Å². The molecule has 96 valence electrons. The summed E-state index contributed by atoms with van der Waals surface area (Å²) in [5.74, 6) is -2.60. The molecule has 1 aromatic carbocycles. The topological polar surface area (TPSA) is 133 Å². The van der Waals surface area contributed by atoms with Crippen LogP contribution in [0.2, 0.25) is 0 Å². The first kappa shape index (κ1) is 13.4. The molecule has 0 saturated carbocycles. The molecular weight excluding hydrogens is 244 g/mol. The zero-order valence-corrected chi connectivity index (χ0v) is 9.32. The molecule has 0 aromatic heterocycles. The van der Waals surface area contributed by atoms with Gasteiger partial charge >= 0.3 is 5.97 Å². The van der Waals surface area contributed by atoms with Gasteiger partial charge in [0.1, 0.15) is 5.75 Å². The number of rotatable bonds is 5. The largest absolute Gasteiger partial charge is 0.480 e. The van der Waals surface area contributed by atoms with Gasteiger partial charge in [0, 0.05) is 6.07 Å². The van der Waals surface area contributed by atoms with Crippen LogP contribution in [0.1, 0.15) is 17.3 Å². The third-order valence-electron chi connectivity index (χ3n) is 2.12. The van der Waals surface area contributed by atoms with E-state index in [0.29, 0.717) is 0 Å². The van der Waals surface area contributed by atoms with E-state index in [-0.39, 0.29) is 5.75 Å². The van der Waals surface area contributed by atoms with Gasteiger partial charge in [0.05, 0.1) is 4.92 Å². The predicted octanol–water partition coefficient (Wildman–Crippen LogP) is 0.546. The number of carboxylic acids is 1. The SMILES string of the molecule is CC(Oc1cccc([N+](=O)[O-])c1C(=O)O)C(N)=O. The Morgan fingerprint density at radius 3 is 2.56 bits per heavy atom. The van der Waals surface area contributed by atoms with E-state index in [0.717, 1.165) is 6.07 Å². The van der Waals surface area contributed by atoms with Crippen molar-refractivity contribution in [2.45, 2.75) is 13.0 Å². The standard InChI is InChI=1S/C10H10N2O6/c1-5(9(11)13)18-7-4-2-3-6(12(16)17)8(7)10(14)15/h2-5H,1H3,(H2,11,13)(H,14,15). The van der Waals surface area contributed by atoms with E-state index < -0.39 is 34.2 Å². The van der Waals surface area contributed by atoms with E-state index >= 15 is 0 Å². The summed E-state index contributed by atoms with van der Waals surface area (Å²) in [5, 5.41) is 19.6. The number of nitrogens with two attached hydrogens (primary N) is 1. The van der Waals surface area contributed by atoms with Crippen LogP contribution in [0.3, 0.4) is 0 Å². The highest BCUT2D eigenvalue weighted by Gasteiger charge is 2.26. The van der Waals surface area contributed by atoms with Crippen molar-refractivity contribution in [3.63, 3.8) is 0 Å². The number of aromatic carboxylic acids is 1. The maximum atomic E-state index is 11.0. The minimum absolute atomic E-state index is 0.275. The molecule has 1 rings (SSSR count). The Hall–Kier alpha value is -2.64. The zero-order chi connectivity index (χ0) is 13.9. The number of nitro groups is 1. The number of ether oxygens (including phenoxy) is 1. The van der Waals surface area contributed by atoms with Crippen LogP contribution in [0.5, 0.6) is 5.75 Å². The molecule has 0 radical (unpaired) electrons. The minimum atomic E-state index is -1.52. The quantitative estimate of drug-likeness (QED) is 0.582. The maximum absolute atomic E-state index is 11.0. The van der Waals surface area contributed by atoms with Crippen LogP contribution in [0.15, 0.2) is 18.2 Å². The lowest BCUT2D eigenvalue weighted by Gasteiger charge is -2.13. The Bertz CT molecular complexity index is 513. The molecule has 8 heteroatoms.